The zero-order chi connectivity index (χ0) is 24.7. The lowest BCUT2D eigenvalue weighted by atomic mass is 10.2. The molecule has 8 nitrogen and oxygen atoms in total. The number of benzene rings is 3. The molecule has 34 heavy (non-hydrogen) atoms. The molecule has 0 spiro atoms. The second-order valence-corrected chi connectivity index (χ2v) is 9.20. The quantitative estimate of drug-likeness (QED) is 0.462. The molecule has 0 unspecified atom stereocenters. The van der Waals surface area contributed by atoms with Gasteiger partial charge in [-0.1, -0.05) is 29.8 Å². The molecule has 3 rings (SSSR count). The molecule has 3 aromatic carbocycles. The summed E-state index contributed by atoms with van der Waals surface area (Å²) in [6, 6.07) is 19.1. The Kier molecular flexibility index (Phi) is 7.91. The first-order valence-electron chi connectivity index (χ1n) is 10.6. The molecule has 3 aromatic rings. The summed E-state index contributed by atoms with van der Waals surface area (Å²) in [6.45, 7) is 3.33. The van der Waals surface area contributed by atoms with Crippen LogP contribution in [-0.2, 0) is 19.6 Å². The third-order valence-electron chi connectivity index (χ3n) is 4.93. The van der Waals surface area contributed by atoms with Gasteiger partial charge in [-0.15, -0.1) is 0 Å². The monoisotopic (exact) mass is 482 g/mol. The summed E-state index contributed by atoms with van der Waals surface area (Å²) in [7, 11) is -2.65. The molecule has 0 heterocycles. The SMILES string of the molecule is CCOC(=O)c1ccc(NC(=O)CN(c2ccccc2OC)S(=O)(=O)c2ccc(C)cc2)cc1. The van der Waals surface area contributed by atoms with Crippen LogP contribution >= 0.6 is 0 Å². The van der Waals surface area contributed by atoms with Crippen molar-refractivity contribution >= 4 is 33.3 Å². The molecule has 9 heteroatoms. The average Bonchev–Trinajstić information content (AvgIpc) is 2.83. The summed E-state index contributed by atoms with van der Waals surface area (Å²) in [6.07, 6.45) is 0. The van der Waals surface area contributed by atoms with Crippen molar-refractivity contribution in [2.24, 2.45) is 0 Å². The molecule has 1 N–H and O–H groups in total. The predicted molar refractivity (Wildman–Crippen MR) is 130 cm³/mol. The van der Waals surface area contributed by atoms with E-state index in [1.807, 2.05) is 6.92 Å². The second-order valence-electron chi connectivity index (χ2n) is 7.34. The number of nitrogens with zero attached hydrogens (tertiary/aromatic N) is 1. The number of aryl methyl sites for hydroxylation is 1. The van der Waals surface area contributed by atoms with E-state index >= 15 is 0 Å². The topological polar surface area (TPSA) is 102 Å². The lowest BCUT2D eigenvalue weighted by Gasteiger charge is -2.25. The molecule has 0 atom stereocenters. The van der Waals surface area contributed by atoms with Gasteiger partial charge < -0.3 is 14.8 Å². The molecule has 0 aliphatic heterocycles. The maximum absolute atomic E-state index is 13.5. The smallest absolute Gasteiger partial charge is 0.338 e. The predicted octanol–water partition coefficient (Wildman–Crippen LogP) is 4.01. The van der Waals surface area contributed by atoms with Crippen LogP contribution in [0.2, 0.25) is 0 Å². The Balaban J connectivity index is 1.89. The average molecular weight is 483 g/mol. The van der Waals surface area contributed by atoms with E-state index < -0.39 is 28.4 Å². The van der Waals surface area contributed by atoms with Gasteiger partial charge in [-0.2, -0.15) is 0 Å². The first kappa shape index (κ1) is 24.8. The van der Waals surface area contributed by atoms with E-state index in [0.29, 0.717) is 17.0 Å². The number of amides is 1. The number of ether oxygens (including phenoxy) is 2. The van der Waals surface area contributed by atoms with Crippen LogP contribution in [0.3, 0.4) is 0 Å². The van der Waals surface area contributed by atoms with E-state index in [9.17, 15) is 18.0 Å². The van der Waals surface area contributed by atoms with E-state index in [1.165, 1.54) is 31.4 Å². The van der Waals surface area contributed by atoms with Crippen LogP contribution in [0.1, 0.15) is 22.8 Å². The van der Waals surface area contributed by atoms with Crippen LogP contribution in [0.5, 0.6) is 5.75 Å². The molecular weight excluding hydrogens is 456 g/mol. The van der Waals surface area contributed by atoms with Gasteiger partial charge in [-0.05, 0) is 62.4 Å². The van der Waals surface area contributed by atoms with Crippen molar-refractivity contribution in [1.29, 1.82) is 0 Å². The number of hydrogen-bond acceptors (Lipinski definition) is 6. The molecule has 0 fully saturated rings. The van der Waals surface area contributed by atoms with Crippen molar-refractivity contribution in [2.75, 3.05) is 29.9 Å². The number of carbonyl (C=O) groups excluding carboxylic acids is 2. The van der Waals surface area contributed by atoms with Crippen LogP contribution in [0, 0.1) is 6.92 Å². The van der Waals surface area contributed by atoms with Gasteiger partial charge in [0.15, 0.2) is 0 Å². The lowest BCUT2D eigenvalue weighted by Crippen LogP contribution is -2.38. The number of hydrogen-bond donors (Lipinski definition) is 1. The minimum Gasteiger partial charge on any atom is -0.495 e. The second kappa shape index (κ2) is 10.8. The van der Waals surface area contributed by atoms with Gasteiger partial charge >= 0.3 is 5.97 Å². The summed E-state index contributed by atoms with van der Waals surface area (Å²) in [5.41, 5.74) is 1.90. The van der Waals surface area contributed by atoms with Crippen LogP contribution in [0.25, 0.3) is 0 Å². The Morgan fingerprint density at radius 2 is 1.59 bits per heavy atom. The standard InChI is InChI=1S/C25H26N2O6S/c1-4-33-25(29)19-11-13-20(14-12-19)26-24(28)17-27(22-7-5-6-8-23(22)32-3)34(30,31)21-15-9-18(2)10-16-21/h5-16H,4,17H2,1-3H3,(H,26,28). The Morgan fingerprint density at radius 3 is 2.21 bits per heavy atom. The normalized spacial score (nSPS) is 10.9. The zero-order valence-corrected chi connectivity index (χ0v) is 20.0. The van der Waals surface area contributed by atoms with Crippen LogP contribution in [0.15, 0.2) is 77.7 Å². The number of para-hydroxylation sites is 2. The molecule has 0 bridgehead atoms. The first-order valence-corrected chi connectivity index (χ1v) is 12.0. The summed E-state index contributed by atoms with van der Waals surface area (Å²) >= 11 is 0. The van der Waals surface area contributed by atoms with E-state index in [1.54, 1.807) is 55.5 Å². The van der Waals surface area contributed by atoms with Crippen molar-refractivity contribution in [3.63, 3.8) is 0 Å². The maximum Gasteiger partial charge on any atom is 0.338 e. The van der Waals surface area contributed by atoms with Crippen LogP contribution < -0.4 is 14.4 Å². The van der Waals surface area contributed by atoms with Crippen molar-refractivity contribution in [1.82, 2.24) is 0 Å². The van der Waals surface area contributed by atoms with Crippen molar-refractivity contribution in [3.05, 3.63) is 83.9 Å². The fourth-order valence-electron chi connectivity index (χ4n) is 3.21. The highest BCUT2D eigenvalue weighted by Gasteiger charge is 2.29. The number of anilines is 2. The molecule has 178 valence electrons. The largest absolute Gasteiger partial charge is 0.495 e. The molecule has 0 aromatic heterocycles. The third kappa shape index (κ3) is 5.74. The number of nitrogens with one attached hydrogen (secondary N) is 1. The fraction of sp³-hybridized carbons (Fsp3) is 0.200. The fourth-order valence-corrected chi connectivity index (χ4v) is 4.64. The van der Waals surface area contributed by atoms with E-state index in [4.69, 9.17) is 9.47 Å². The number of methoxy groups -OCH3 is 1. The number of sulfonamides is 1. The Labute approximate surface area is 199 Å². The number of carbonyl (C=O) groups is 2. The molecule has 0 radical (unpaired) electrons. The minimum absolute atomic E-state index is 0.0515. The first-order chi connectivity index (χ1) is 16.3. The van der Waals surface area contributed by atoms with Crippen molar-refractivity contribution in [2.45, 2.75) is 18.7 Å². The van der Waals surface area contributed by atoms with E-state index in [2.05, 4.69) is 5.32 Å². The van der Waals surface area contributed by atoms with E-state index in [-0.39, 0.29) is 17.2 Å². The summed E-state index contributed by atoms with van der Waals surface area (Å²) < 4.78 is 38.4. The minimum atomic E-state index is -4.08. The molecule has 0 saturated carbocycles. The highest BCUT2D eigenvalue weighted by Crippen LogP contribution is 2.32. The molecule has 0 aliphatic rings. The van der Waals surface area contributed by atoms with Crippen LogP contribution in [-0.4, -0.2) is 40.6 Å². The lowest BCUT2D eigenvalue weighted by molar-refractivity contribution is -0.114. The van der Waals surface area contributed by atoms with Crippen LogP contribution in [0.4, 0.5) is 11.4 Å². The third-order valence-corrected chi connectivity index (χ3v) is 6.70. The van der Waals surface area contributed by atoms with Crippen molar-refractivity contribution < 1.29 is 27.5 Å². The van der Waals surface area contributed by atoms with Gasteiger partial charge in [0.05, 0.1) is 29.9 Å². The van der Waals surface area contributed by atoms with Gasteiger partial charge in [-0.3, -0.25) is 9.10 Å². The van der Waals surface area contributed by atoms with Gasteiger partial charge in [0.2, 0.25) is 5.91 Å². The highest BCUT2D eigenvalue weighted by molar-refractivity contribution is 7.92. The summed E-state index contributed by atoms with van der Waals surface area (Å²) in [5, 5.41) is 2.67. The van der Waals surface area contributed by atoms with E-state index in [0.717, 1.165) is 9.87 Å². The van der Waals surface area contributed by atoms with Gasteiger partial charge in [0.1, 0.15) is 12.3 Å². The Bertz CT molecular complexity index is 1260. The molecular formula is C25H26N2O6S. The van der Waals surface area contributed by atoms with Gasteiger partial charge in [0.25, 0.3) is 10.0 Å². The number of rotatable bonds is 9. The Hall–Kier alpha value is -3.85. The maximum atomic E-state index is 13.5. The summed E-state index contributed by atoms with van der Waals surface area (Å²) in [5.74, 6) is -0.720. The molecule has 0 aliphatic carbocycles. The molecule has 1 amide bonds. The highest BCUT2D eigenvalue weighted by atomic mass is 32.2. The Morgan fingerprint density at radius 1 is 0.941 bits per heavy atom. The van der Waals surface area contributed by atoms with Gasteiger partial charge in [0, 0.05) is 5.69 Å². The number of esters is 1. The van der Waals surface area contributed by atoms with Gasteiger partial charge in [-0.25, -0.2) is 13.2 Å². The molecule has 0 saturated heterocycles. The zero-order valence-electron chi connectivity index (χ0n) is 19.1. The van der Waals surface area contributed by atoms with Crippen molar-refractivity contribution in [3.8, 4) is 5.75 Å². The summed E-state index contributed by atoms with van der Waals surface area (Å²) in [4.78, 5) is 24.8.